The van der Waals surface area contributed by atoms with Gasteiger partial charge < -0.3 is 5.32 Å². The Hall–Kier alpha value is -2.55. The van der Waals surface area contributed by atoms with Gasteiger partial charge in [0.05, 0.1) is 10.6 Å². The highest BCUT2D eigenvalue weighted by Gasteiger charge is 2.14. The number of thiazole rings is 1. The number of H-pyrrole nitrogens is 1. The molecular weight excluding hydrogens is 296 g/mol. The second-order valence-corrected chi connectivity index (χ2v) is 5.27. The molecule has 0 saturated carbocycles. The molecule has 0 fully saturated rings. The molecule has 0 aliphatic carbocycles. The van der Waals surface area contributed by atoms with Gasteiger partial charge in [0, 0.05) is 19.1 Å². The maximum absolute atomic E-state index is 11.8. The third-order valence-corrected chi connectivity index (χ3v) is 3.73. The van der Waals surface area contributed by atoms with Gasteiger partial charge in [-0.05, 0) is 6.92 Å². The second-order valence-electron chi connectivity index (χ2n) is 4.27. The molecule has 8 nitrogen and oxygen atoms in total. The van der Waals surface area contributed by atoms with E-state index < -0.39 is 17.0 Å². The van der Waals surface area contributed by atoms with Crippen molar-refractivity contribution in [1.29, 1.82) is 0 Å². The van der Waals surface area contributed by atoms with Crippen LogP contribution in [0.4, 0.5) is 5.13 Å². The van der Waals surface area contributed by atoms with Crippen molar-refractivity contribution in [2.45, 2.75) is 20.4 Å². The lowest BCUT2D eigenvalue weighted by Gasteiger charge is -2.04. The van der Waals surface area contributed by atoms with Crippen LogP contribution in [0.2, 0.25) is 0 Å². The first-order valence-corrected chi connectivity index (χ1v) is 6.77. The summed E-state index contributed by atoms with van der Waals surface area (Å²) in [6, 6.07) is 2.16. The van der Waals surface area contributed by atoms with Crippen LogP contribution in [0.3, 0.4) is 0 Å². The number of Topliss-reactive ketones (excluding diaryl/α,β-unsaturated/α-hetero) is 1. The minimum atomic E-state index is -0.525. The number of rotatable bonds is 4. The van der Waals surface area contributed by atoms with Crippen molar-refractivity contribution in [1.82, 2.24) is 14.8 Å². The zero-order chi connectivity index (χ0) is 15.6. The van der Waals surface area contributed by atoms with Crippen LogP contribution in [0.1, 0.15) is 22.3 Å². The van der Waals surface area contributed by atoms with E-state index in [1.807, 2.05) is 0 Å². The molecule has 0 aliphatic rings. The van der Waals surface area contributed by atoms with E-state index in [-0.39, 0.29) is 17.5 Å². The smallest absolute Gasteiger partial charge is 0.265 e. The lowest BCUT2D eigenvalue weighted by atomic mass is 10.3. The highest BCUT2D eigenvalue weighted by Crippen LogP contribution is 2.22. The van der Waals surface area contributed by atoms with E-state index in [1.54, 1.807) is 6.92 Å². The Bertz CT molecular complexity index is 817. The minimum absolute atomic E-state index is 0.130. The summed E-state index contributed by atoms with van der Waals surface area (Å²) in [4.78, 5) is 50.2. The number of aromatic nitrogens is 3. The number of aromatic amines is 1. The van der Waals surface area contributed by atoms with E-state index in [4.69, 9.17) is 0 Å². The van der Waals surface area contributed by atoms with Crippen LogP contribution in [0.15, 0.2) is 21.7 Å². The van der Waals surface area contributed by atoms with Crippen molar-refractivity contribution in [3.8, 4) is 0 Å². The van der Waals surface area contributed by atoms with Gasteiger partial charge in [0.15, 0.2) is 10.9 Å². The van der Waals surface area contributed by atoms with E-state index in [1.165, 1.54) is 6.92 Å². The summed E-state index contributed by atoms with van der Waals surface area (Å²) in [5, 5.41) is 5.00. The molecule has 0 spiro atoms. The zero-order valence-electron chi connectivity index (χ0n) is 11.3. The fourth-order valence-corrected chi connectivity index (χ4v) is 2.54. The summed E-state index contributed by atoms with van der Waals surface area (Å²) in [5.74, 6) is -0.656. The summed E-state index contributed by atoms with van der Waals surface area (Å²) in [6.45, 7) is 2.74. The largest absolute Gasteiger partial charge is 0.300 e. The zero-order valence-corrected chi connectivity index (χ0v) is 12.1. The van der Waals surface area contributed by atoms with Gasteiger partial charge in [-0.2, -0.15) is 0 Å². The molecular formula is C12H12N4O4S. The summed E-state index contributed by atoms with van der Waals surface area (Å²) in [7, 11) is 0. The lowest BCUT2D eigenvalue weighted by Crippen LogP contribution is -2.32. The molecule has 0 radical (unpaired) electrons. The van der Waals surface area contributed by atoms with Crippen molar-refractivity contribution < 1.29 is 9.59 Å². The van der Waals surface area contributed by atoms with Crippen LogP contribution in [0.25, 0.3) is 0 Å². The van der Waals surface area contributed by atoms with Crippen LogP contribution < -0.4 is 16.4 Å². The first-order valence-electron chi connectivity index (χ1n) is 5.95. The first kappa shape index (κ1) is 14.9. The number of hydrogen-bond acceptors (Lipinski definition) is 6. The van der Waals surface area contributed by atoms with E-state index in [2.05, 4.69) is 15.4 Å². The van der Waals surface area contributed by atoms with Crippen molar-refractivity contribution >= 4 is 28.2 Å². The van der Waals surface area contributed by atoms with Gasteiger partial charge >= 0.3 is 0 Å². The Labute approximate surface area is 122 Å². The van der Waals surface area contributed by atoms with Crippen molar-refractivity contribution in [3.05, 3.63) is 43.4 Å². The van der Waals surface area contributed by atoms with Gasteiger partial charge in [-0.1, -0.05) is 11.3 Å². The molecule has 0 bridgehead atoms. The van der Waals surface area contributed by atoms with Gasteiger partial charge in [-0.25, -0.2) is 9.67 Å². The van der Waals surface area contributed by atoms with Crippen LogP contribution in [-0.2, 0) is 11.3 Å². The summed E-state index contributed by atoms with van der Waals surface area (Å²) < 4.78 is 0.893. The summed E-state index contributed by atoms with van der Waals surface area (Å²) in [5.41, 5.74) is -0.441. The third kappa shape index (κ3) is 3.51. The third-order valence-electron chi connectivity index (χ3n) is 2.55. The fourth-order valence-electron chi connectivity index (χ4n) is 1.66. The number of carbonyl (C=O) groups excluding carboxylic acids is 2. The van der Waals surface area contributed by atoms with E-state index in [0.717, 1.165) is 28.2 Å². The monoisotopic (exact) mass is 308 g/mol. The number of amides is 1. The standard InChI is InChI=1S/C12H12N4O4S/c1-6-11(7(2)17)21-12(13-6)14-9(19)5-16-10(20)4-3-8(18)15-16/h3-4H,5H2,1-2H3,(H,15,18)(H,13,14,19). The fraction of sp³-hybridized carbons (Fsp3) is 0.250. The topological polar surface area (TPSA) is 114 Å². The van der Waals surface area contributed by atoms with Crippen molar-refractivity contribution in [2.75, 3.05) is 5.32 Å². The molecule has 0 aromatic carbocycles. The number of carbonyl (C=O) groups is 2. The molecule has 2 aromatic rings. The first-order chi connectivity index (χ1) is 9.86. The Morgan fingerprint density at radius 1 is 1.38 bits per heavy atom. The molecule has 2 rings (SSSR count). The maximum Gasteiger partial charge on any atom is 0.265 e. The maximum atomic E-state index is 11.8. The number of nitrogens with zero attached hydrogens (tertiary/aromatic N) is 2. The lowest BCUT2D eigenvalue weighted by molar-refractivity contribution is -0.117. The van der Waals surface area contributed by atoms with Gasteiger partial charge in [0.25, 0.3) is 11.1 Å². The van der Waals surface area contributed by atoms with Crippen molar-refractivity contribution in [3.63, 3.8) is 0 Å². The SMILES string of the molecule is CC(=O)c1sc(NC(=O)Cn2[nH]c(=O)ccc2=O)nc1C. The average molecular weight is 308 g/mol. The Kier molecular flexibility index (Phi) is 4.13. The molecule has 2 N–H and O–H groups in total. The molecule has 21 heavy (non-hydrogen) atoms. The van der Waals surface area contributed by atoms with E-state index >= 15 is 0 Å². The summed E-state index contributed by atoms with van der Waals surface area (Å²) in [6.07, 6.45) is 0. The summed E-state index contributed by atoms with van der Waals surface area (Å²) >= 11 is 1.06. The van der Waals surface area contributed by atoms with Crippen LogP contribution in [0.5, 0.6) is 0 Å². The normalized spacial score (nSPS) is 10.4. The predicted octanol–water partition coefficient (Wildman–Crippen LogP) is 0.143. The van der Waals surface area contributed by atoms with E-state index in [0.29, 0.717) is 10.6 Å². The molecule has 2 heterocycles. The number of ketones is 1. The quantitative estimate of drug-likeness (QED) is 0.780. The van der Waals surface area contributed by atoms with Crippen LogP contribution >= 0.6 is 11.3 Å². The van der Waals surface area contributed by atoms with Gasteiger partial charge in [0.1, 0.15) is 6.54 Å². The minimum Gasteiger partial charge on any atom is -0.300 e. The number of nitrogens with one attached hydrogen (secondary N) is 2. The number of hydrogen-bond donors (Lipinski definition) is 2. The van der Waals surface area contributed by atoms with Gasteiger partial charge in [-0.15, -0.1) is 0 Å². The molecule has 0 aliphatic heterocycles. The number of anilines is 1. The Balaban J connectivity index is 2.13. The average Bonchev–Trinajstić information content (AvgIpc) is 2.74. The van der Waals surface area contributed by atoms with Crippen LogP contribution in [0, 0.1) is 6.92 Å². The molecule has 110 valence electrons. The predicted molar refractivity (Wildman–Crippen MR) is 76.8 cm³/mol. The Morgan fingerprint density at radius 2 is 2.10 bits per heavy atom. The molecule has 0 unspecified atom stereocenters. The molecule has 2 aromatic heterocycles. The molecule has 1 amide bonds. The van der Waals surface area contributed by atoms with Crippen LogP contribution in [-0.4, -0.2) is 26.5 Å². The van der Waals surface area contributed by atoms with E-state index in [9.17, 15) is 19.2 Å². The second kappa shape index (κ2) is 5.83. The molecule has 0 atom stereocenters. The molecule has 0 saturated heterocycles. The van der Waals surface area contributed by atoms with Gasteiger partial charge in [0.2, 0.25) is 5.91 Å². The number of aryl methyl sites for hydroxylation is 1. The Morgan fingerprint density at radius 3 is 2.71 bits per heavy atom. The van der Waals surface area contributed by atoms with Gasteiger partial charge in [-0.3, -0.25) is 24.3 Å². The molecule has 9 heteroatoms. The highest BCUT2D eigenvalue weighted by atomic mass is 32.1. The highest BCUT2D eigenvalue weighted by molar-refractivity contribution is 7.17. The van der Waals surface area contributed by atoms with Crippen molar-refractivity contribution in [2.24, 2.45) is 0 Å².